The molecule has 0 bridgehead atoms. The predicted molar refractivity (Wildman–Crippen MR) is 43.7 cm³/mol. The summed E-state index contributed by atoms with van der Waals surface area (Å²) in [5.74, 6) is -0.0999. The molecule has 5 heteroatoms. The van der Waals surface area contributed by atoms with Gasteiger partial charge >= 0.3 is 0 Å². The first-order chi connectivity index (χ1) is 4.95. The Balaban J connectivity index is 3.43. The minimum absolute atomic E-state index is 0.0999. The Morgan fingerprint density at radius 2 is 2.09 bits per heavy atom. The van der Waals surface area contributed by atoms with E-state index in [4.69, 9.17) is 9.88 Å². The average molecular weight is 181 g/mol. The molecule has 1 atom stereocenters. The lowest BCUT2D eigenvalue weighted by Gasteiger charge is -2.08. The van der Waals surface area contributed by atoms with E-state index < -0.39 is 10.0 Å². The zero-order chi connectivity index (χ0) is 8.91. The highest BCUT2D eigenvalue weighted by atomic mass is 32.2. The molecular weight excluding hydrogens is 166 g/mol. The van der Waals surface area contributed by atoms with Crippen molar-refractivity contribution >= 4 is 10.0 Å². The van der Waals surface area contributed by atoms with Crippen LogP contribution in [0.5, 0.6) is 0 Å². The summed E-state index contributed by atoms with van der Waals surface area (Å²) in [6.07, 6.45) is 0.988. The molecule has 0 aliphatic rings. The topological polar surface area (TPSA) is 69.4 Å². The molecule has 0 radical (unpaired) electrons. The predicted octanol–water partition coefficient (Wildman–Crippen LogP) is 0.0900. The molecule has 11 heavy (non-hydrogen) atoms. The Morgan fingerprint density at radius 3 is 2.45 bits per heavy atom. The smallest absolute Gasteiger partial charge is 0.211 e. The Labute approximate surface area is 67.8 Å². The minimum atomic E-state index is -3.35. The highest BCUT2D eigenvalue weighted by Crippen LogP contribution is 1.95. The van der Waals surface area contributed by atoms with Crippen LogP contribution < -0.4 is 5.14 Å². The van der Waals surface area contributed by atoms with Crippen molar-refractivity contribution in [2.75, 3.05) is 12.4 Å². The second-order valence-corrected chi connectivity index (χ2v) is 4.19. The van der Waals surface area contributed by atoms with Crippen molar-refractivity contribution in [1.29, 1.82) is 0 Å². The molecule has 0 aromatic carbocycles. The molecule has 2 N–H and O–H groups in total. The van der Waals surface area contributed by atoms with E-state index in [1.807, 2.05) is 13.8 Å². The lowest BCUT2D eigenvalue weighted by molar-refractivity contribution is 0.0752. The molecule has 0 heterocycles. The van der Waals surface area contributed by atoms with E-state index in [2.05, 4.69) is 0 Å². The van der Waals surface area contributed by atoms with Crippen LogP contribution in [-0.4, -0.2) is 26.9 Å². The van der Waals surface area contributed by atoms with E-state index in [1.54, 1.807) is 0 Å². The van der Waals surface area contributed by atoms with Crippen LogP contribution in [0.15, 0.2) is 0 Å². The van der Waals surface area contributed by atoms with Gasteiger partial charge in [0.1, 0.15) is 0 Å². The Bertz CT molecular complexity index is 188. The second kappa shape index (κ2) is 4.69. The van der Waals surface area contributed by atoms with Crippen molar-refractivity contribution in [3.63, 3.8) is 0 Å². The molecule has 0 fully saturated rings. The first-order valence-corrected chi connectivity index (χ1v) is 5.29. The third kappa shape index (κ3) is 7.77. The van der Waals surface area contributed by atoms with Crippen LogP contribution in [0.2, 0.25) is 0 Å². The van der Waals surface area contributed by atoms with Gasteiger partial charge < -0.3 is 4.74 Å². The molecule has 68 valence electrons. The molecule has 0 amide bonds. The monoisotopic (exact) mass is 181 g/mol. The van der Waals surface area contributed by atoms with Crippen molar-refractivity contribution in [1.82, 2.24) is 0 Å². The van der Waals surface area contributed by atoms with Crippen LogP contribution in [0.1, 0.15) is 20.3 Å². The van der Waals surface area contributed by atoms with Crippen LogP contribution in [0.4, 0.5) is 0 Å². The molecule has 0 spiro atoms. The quantitative estimate of drug-likeness (QED) is 0.653. The van der Waals surface area contributed by atoms with Crippen molar-refractivity contribution < 1.29 is 13.2 Å². The van der Waals surface area contributed by atoms with Crippen molar-refractivity contribution in [3.05, 3.63) is 0 Å². The van der Waals surface area contributed by atoms with Crippen LogP contribution in [0.3, 0.4) is 0 Å². The number of nitrogens with two attached hydrogens (primary N) is 1. The number of primary sulfonamides is 1. The summed E-state index contributed by atoms with van der Waals surface area (Å²) >= 11 is 0. The van der Waals surface area contributed by atoms with Gasteiger partial charge in [0.25, 0.3) is 0 Å². The summed E-state index contributed by atoms with van der Waals surface area (Å²) in [6, 6.07) is 0. The van der Waals surface area contributed by atoms with Crippen molar-refractivity contribution in [2.24, 2.45) is 5.14 Å². The number of hydrogen-bond acceptors (Lipinski definition) is 3. The van der Waals surface area contributed by atoms with Crippen LogP contribution in [0.25, 0.3) is 0 Å². The van der Waals surface area contributed by atoms with Crippen LogP contribution >= 0.6 is 0 Å². The van der Waals surface area contributed by atoms with Gasteiger partial charge in [-0.15, -0.1) is 0 Å². The zero-order valence-electron chi connectivity index (χ0n) is 6.91. The maximum absolute atomic E-state index is 10.4. The summed E-state index contributed by atoms with van der Waals surface area (Å²) in [6.45, 7) is 4.05. The Kier molecular flexibility index (Phi) is 4.63. The molecule has 0 aliphatic carbocycles. The summed E-state index contributed by atoms with van der Waals surface area (Å²) in [4.78, 5) is 0. The van der Waals surface area contributed by atoms with E-state index in [-0.39, 0.29) is 18.5 Å². The van der Waals surface area contributed by atoms with Crippen molar-refractivity contribution in [3.8, 4) is 0 Å². The molecule has 0 aliphatic heterocycles. The van der Waals surface area contributed by atoms with Gasteiger partial charge in [-0.05, 0) is 13.3 Å². The summed E-state index contributed by atoms with van der Waals surface area (Å²) < 4.78 is 25.9. The standard InChI is InChI=1S/C6H15NO3S/c1-3-6(2)10-4-5-11(7,8)9/h6H,3-5H2,1-2H3,(H2,7,8,9)/t6-/m1/s1. The molecule has 4 nitrogen and oxygen atoms in total. The van der Waals surface area contributed by atoms with E-state index >= 15 is 0 Å². The molecule has 0 aromatic rings. The third-order valence-electron chi connectivity index (χ3n) is 1.35. The average Bonchev–Trinajstić information content (AvgIpc) is 1.85. The van der Waals surface area contributed by atoms with Gasteiger partial charge in [0.15, 0.2) is 0 Å². The van der Waals surface area contributed by atoms with Crippen LogP contribution in [-0.2, 0) is 14.8 Å². The summed E-state index contributed by atoms with van der Waals surface area (Å²) in [5, 5.41) is 4.76. The normalized spacial score (nSPS) is 14.8. The third-order valence-corrected chi connectivity index (χ3v) is 2.08. The van der Waals surface area contributed by atoms with Crippen molar-refractivity contribution in [2.45, 2.75) is 26.4 Å². The molecule has 0 saturated heterocycles. The Hall–Kier alpha value is -0.130. The van der Waals surface area contributed by atoms with Gasteiger partial charge in [-0.25, -0.2) is 13.6 Å². The first-order valence-electron chi connectivity index (χ1n) is 3.57. The number of sulfonamides is 1. The van der Waals surface area contributed by atoms with E-state index in [0.29, 0.717) is 0 Å². The fraction of sp³-hybridized carbons (Fsp3) is 1.00. The second-order valence-electron chi connectivity index (χ2n) is 2.46. The van der Waals surface area contributed by atoms with Gasteiger partial charge in [0, 0.05) is 0 Å². The molecule has 0 aromatic heterocycles. The lowest BCUT2D eigenvalue weighted by Crippen LogP contribution is -2.22. The number of rotatable bonds is 5. The largest absolute Gasteiger partial charge is 0.377 e. The summed E-state index contributed by atoms with van der Waals surface area (Å²) in [7, 11) is -3.35. The molecule has 0 rings (SSSR count). The highest BCUT2D eigenvalue weighted by molar-refractivity contribution is 7.89. The first kappa shape index (κ1) is 10.9. The van der Waals surface area contributed by atoms with Gasteiger partial charge in [-0.2, -0.15) is 0 Å². The minimum Gasteiger partial charge on any atom is -0.377 e. The maximum atomic E-state index is 10.4. The van der Waals surface area contributed by atoms with E-state index in [9.17, 15) is 8.42 Å². The lowest BCUT2D eigenvalue weighted by atomic mass is 10.3. The molecule has 0 unspecified atom stereocenters. The molecule has 0 saturated carbocycles. The molecular formula is C6H15NO3S. The fourth-order valence-electron chi connectivity index (χ4n) is 0.483. The van der Waals surface area contributed by atoms with Gasteiger partial charge in [0.05, 0.1) is 18.5 Å². The van der Waals surface area contributed by atoms with Gasteiger partial charge in [0.2, 0.25) is 10.0 Å². The SMILES string of the molecule is CC[C@@H](C)OCCS(N)(=O)=O. The van der Waals surface area contributed by atoms with Crippen LogP contribution in [0, 0.1) is 0 Å². The van der Waals surface area contributed by atoms with Gasteiger partial charge in [-0.3, -0.25) is 0 Å². The van der Waals surface area contributed by atoms with E-state index in [0.717, 1.165) is 6.42 Å². The van der Waals surface area contributed by atoms with Gasteiger partial charge in [-0.1, -0.05) is 6.92 Å². The van der Waals surface area contributed by atoms with E-state index in [1.165, 1.54) is 0 Å². The summed E-state index contributed by atoms with van der Waals surface area (Å²) in [5.41, 5.74) is 0. The highest BCUT2D eigenvalue weighted by Gasteiger charge is 2.03. The Morgan fingerprint density at radius 1 is 1.55 bits per heavy atom. The fourth-order valence-corrected chi connectivity index (χ4v) is 0.812. The number of hydrogen-bond donors (Lipinski definition) is 1. The maximum Gasteiger partial charge on any atom is 0.211 e. The zero-order valence-corrected chi connectivity index (χ0v) is 7.73. The number of ether oxygens (including phenoxy) is 1.